The molecular weight excluding hydrogens is 292 g/mol. The van der Waals surface area contributed by atoms with E-state index >= 15 is 0 Å². The molecule has 118 valence electrons. The van der Waals surface area contributed by atoms with Crippen molar-refractivity contribution < 1.29 is 24.4 Å². The molecule has 1 fully saturated rings. The average molecular weight is 308 g/mol. The molecule has 1 aliphatic rings. The minimum absolute atomic E-state index is 0.209. The van der Waals surface area contributed by atoms with Gasteiger partial charge in [0.1, 0.15) is 11.7 Å². The molecule has 8 heteroatoms. The van der Waals surface area contributed by atoms with E-state index in [2.05, 4.69) is 0 Å². The van der Waals surface area contributed by atoms with Crippen molar-refractivity contribution in [3.8, 4) is 5.75 Å². The Hall–Kier alpha value is -2.64. The van der Waals surface area contributed by atoms with Gasteiger partial charge in [-0.2, -0.15) is 0 Å². The number of hydrogen-bond donors (Lipinski definition) is 1. The molecule has 1 saturated heterocycles. The molecule has 0 radical (unpaired) electrons. The average Bonchev–Trinajstić information content (AvgIpc) is 2.80. The van der Waals surface area contributed by atoms with E-state index in [0.717, 1.165) is 4.90 Å². The molecule has 0 bridgehead atoms. The Morgan fingerprint density at radius 2 is 2.00 bits per heavy atom. The zero-order valence-electron chi connectivity index (χ0n) is 12.1. The molecule has 1 amide bonds. The number of anilines is 1. The highest BCUT2D eigenvalue weighted by Gasteiger charge is 2.58. The molecule has 0 spiro atoms. The summed E-state index contributed by atoms with van der Waals surface area (Å²) in [5.41, 5.74) is 0.306. The van der Waals surface area contributed by atoms with Crippen LogP contribution < -0.4 is 9.64 Å². The Morgan fingerprint density at radius 3 is 2.41 bits per heavy atom. The van der Waals surface area contributed by atoms with Gasteiger partial charge in [0.25, 0.3) is 6.04 Å². The molecule has 1 aromatic rings. The van der Waals surface area contributed by atoms with Crippen LogP contribution in [-0.2, 0) is 9.59 Å². The molecular formula is C14H16N2O6. The first-order valence-corrected chi connectivity index (χ1v) is 6.75. The second kappa shape index (κ2) is 6.00. The van der Waals surface area contributed by atoms with Crippen LogP contribution in [0.25, 0.3) is 0 Å². The summed E-state index contributed by atoms with van der Waals surface area (Å²) in [4.78, 5) is 35.5. The summed E-state index contributed by atoms with van der Waals surface area (Å²) in [5, 5.41) is 20.6. The summed E-state index contributed by atoms with van der Waals surface area (Å²) in [7, 11) is 1.48. The summed E-state index contributed by atoms with van der Waals surface area (Å²) < 4.78 is 5.01. The lowest BCUT2D eigenvalue weighted by atomic mass is 9.96. The quantitative estimate of drug-likeness (QED) is 0.645. The van der Waals surface area contributed by atoms with Gasteiger partial charge in [0.05, 0.1) is 7.11 Å². The van der Waals surface area contributed by atoms with Crippen LogP contribution in [0.5, 0.6) is 5.75 Å². The Bertz CT molecular complexity index is 600. The number of nitrogens with zero attached hydrogens (tertiary/aromatic N) is 2. The second-order valence-corrected chi connectivity index (χ2v) is 4.98. The Labute approximate surface area is 126 Å². The molecule has 8 nitrogen and oxygen atoms in total. The fraction of sp³-hybridized carbons (Fsp3) is 0.429. The molecule has 1 heterocycles. The van der Waals surface area contributed by atoms with E-state index in [1.807, 2.05) is 0 Å². The number of carbonyl (C=O) groups is 2. The summed E-state index contributed by atoms with van der Waals surface area (Å²) in [6, 6.07) is 3.20. The summed E-state index contributed by atoms with van der Waals surface area (Å²) >= 11 is 0. The van der Waals surface area contributed by atoms with Gasteiger partial charge in [-0.05, 0) is 30.7 Å². The fourth-order valence-corrected chi connectivity index (χ4v) is 2.80. The number of carbonyl (C=O) groups excluding carboxylic acids is 1. The SMILES string of the molecule is CC[C@@H]1C(=O)N(c2ccc(OC)cc2)[C@H](C(=O)O)[C@H]1[N+](=O)[O-]. The third-order valence-electron chi connectivity index (χ3n) is 3.86. The van der Waals surface area contributed by atoms with Crippen LogP contribution >= 0.6 is 0 Å². The fourth-order valence-electron chi connectivity index (χ4n) is 2.80. The molecule has 0 saturated carbocycles. The van der Waals surface area contributed by atoms with Gasteiger partial charge in [-0.1, -0.05) is 6.92 Å². The monoisotopic (exact) mass is 308 g/mol. The van der Waals surface area contributed by atoms with E-state index in [0.29, 0.717) is 11.4 Å². The maximum absolute atomic E-state index is 12.4. The molecule has 0 aromatic heterocycles. The van der Waals surface area contributed by atoms with Crippen molar-refractivity contribution in [2.45, 2.75) is 25.4 Å². The van der Waals surface area contributed by atoms with E-state index < -0.39 is 34.8 Å². The Balaban J connectivity index is 2.48. The number of ether oxygens (including phenoxy) is 1. The lowest BCUT2D eigenvalue weighted by Gasteiger charge is -2.21. The number of nitro groups is 1. The zero-order chi connectivity index (χ0) is 16.4. The summed E-state index contributed by atoms with van der Waals surface area (Å²) in [5.74, 6) is -2.33. The molecule has 2 rings (SSSR count). The van der Waals surface area contributed by atoms with Crippen molar-refractivity contribution in [3.05, 3.63) is 34.4 Å². The van der Waals surface area contributed by atoms with E-state index in [-0.39, 0.29) is 6.42 Å². The molecule has 22 heavy (non-hydrogen) atoms. The van der Waals surface area contributed by atoms with Gasteiger partial charge in [0.15, 0.2) is 0 Å². The standard InChI is InChI=1S/C14H16N2O6/c1-3-10-11(16(20)21)12(14(18)19)15(13(10)17)8-4-6-9(22-2)7-5-8/h4-7,10-12H,3H2,1-2H3,(H,18,19)/t10-,11-,12-/m0/s1. The number of carboxylic acids is 1. The smallest absolute Gasteiger partial charge is 0.334 e. The third kappa shape index (κ3) is 2.47. The van der Waals surface area contributed by atoms with E-state index in [1.165, 1.54) is 19.2 Å². The number of amides is 1. The van der Waals surface area contributed by atoms with Gasteiger partial charge < -0.3 is 9.84 Å². The normalized spacial score (nSPS) is 24.4. The van der Waals surface area contributed by atoms with Crippen LogP contribution in [0, 0.1) is 16.0 Å². The first-order chi connectivity index (χ1) is 10.4. The maximum Gasteiger partial charge on any atom is 0.334 e. The van der Waals surface area contributed by atoms with Gasteiger partial charge in [-0.3, -0.25) is 19.8 Å². The first kappa shape index (κ1) is 15.7. The number of hydrogen-bond acceptors (Lipinski definition) is 5. The van der Waals surface area contributed by atoms with Gasteiger partial charge in [-0.25, -0.2) is 4.79 Å². The predicted octanol–water partition coefficient (Wildman–Crippen LogP) is 1.17. The predicted molar refractivity (Wildman–Crippen MR) is 76.5 cm³/mol. The van der Waals surface area contributed by atoms with Gasteiger partial charge in [-0.15, -0.1) is 0 Å². The number of rotatable bonds is 5. The number of aliphatic carboxylic acids is 1. The Kier molecular flexibility index (Phi) is 4.30. The molecule has 0 aliphatic carbocycles. The van der Waals surface area contributed by atoms with Crippen LogP contribution in [0.4, 0.5) is 5.69 Å². The second-order valence-electron chi connectivity index (χ2n) is 4.98. The molecule has 3 atom stereocenters. The van der Waals surface area contributed by atoms with Crippen LogP contribution in [0.1, 0.15) is 13.3 Å². The topological polar surface area (TPSA) is 110 Å². The number of benzene rings is 1. The van der Waals surface area contributed by atoms with Crippen LogP contribution in [-0.4, -0.2) is 41.1 Å². The van der Waals surface area contributed by atoms with Crippen molar-refractivity contribution >= 4 is 17.6 Å². The molecule has 1 N–H and O–H groups in total. The van der Waals surface area contributed by atoms with Crippen molar-refractivity contribution in [3.63, 3.8) is 0 Å². The van der Waals surface area contributed by atoms with Gasteiger partial charge in [0, 0.05) is 10.6 Å². The van der Waals surface area contributed by atoms with Crippen molar-refractivity contribution in [1.82, 2.24) is 0 Å². The van der Waals surface area contributed by atoms with E-state index in [9.17, 15) is 24.8 Å². The minimum Gasteiger partial charge on any atom is -0.497 e. The molecule has 1 aromatic carbocycles. The number of methoxy groups -OCH3 is 1. The number of carboxylic acid groups (broad SMARTS) is 1. The van der Waals surface area contributed by atoms with Crippen molar-refractivity contribution in [2.24, 2.45) is 5.92 Å². The highest BCUT2D eigenvalue weighted by atomic mass is 16.6. The lowest BCUT2D eigenvalue weighted by Crippen LogP contribution is -2.46. The van der Waals surface area contributed by atoms with Crippen molar-refractivity contribution in [1.29, 1.82) is 0 Å². The highest BCUT2D eigenvalue weighted by Crippen LogP contribution is 2.34. The van der Waals surface area contributed by atoms with E-state index in [1.54, 1.807) is 19.1 Å². The summed E-state index contributed by atoms with van der Waals surface area (Å²) in [6.45, 7) is 1.63. The first-order valence-electron chi connectivity index (χ1n) is 6.75. The summed E-state index contributed by atoms with van der Waals surface area (Å²) in [6.07, 6.45) is 0.209. The van der Waals surface area contributed by atoms with Gasteiger partial charge in [0.2, 0.25) is 11.9 Å². The van der Waals surface area contributed by atoms with E-state index in [4.69, 9.17) is 4.74 Å². The zero-order valence-corrected chi connectivity index (χ0v) is 12.1. The maximum atomic E-state index is 12.4. The minimum atomic E-state index is -1.51. The lowest BCUT2D eigenvalue weighted by molar-refractivity contribution is -0.527. The van der Waals surface area contributed by atoms with Gasteiger partial charge >= 0.3 is 5.97 Å². The van der Waals surface area contributed by atoms with Crippen molar-refractivity contribution in [2.75, 3.05) is 12.0 Å². The Morgan fingerprint density at radius 1 is 1.41 bits per heavy atom. The van der Waals surface area contributed by atoms with Crippen LogP contribution in [0.2, 0.25) is 0 Å². The molecule has 1 aliphatic heterocycles. The largest absolute Gasteiger partial charge is 0.497 e. The highest BCUT2D eigenvalue weighted by molar-refractivity contribution is 6.04. The molecule has 0 unspecified atom stereocenters. The van der Waals surface area contributed by atoms with Crippen LogP contribution in [0.15, 0.2) is 24.3 Å². The van der Waals surface area contributed by atoms with Crippen LogP contribution in [0.3, 0.4) is 0 Å². The third-order valence-corrected chi connectivity index (χ3v) is 3.86.